The zero-order valence-electron chi connectivity index (χ0n) is 12.4. The van der Waals surface area contributed by atoms with Gasteiger partial charge >= 0.3 is 5.97 Å². The lowest BCUT2D eigenvalue weighted by Gasteiger charge is -2.42. The number of benzene rings is 1. The highest BCUT2D eigenvalue weighted by Crippen LogP contribution is 2.38. The second-order valence-corrected chi connectivity index (χ2v) is 6.68. The third-order valence-corrected chi connectivity index (χ3v) is 5.45. The average molecular weight is 330 g/mol. The van der Waals surface area contributed by atoms with Crippen molar-refractivity contribution in [2.75, 3.05) is 13.1 Å². The first-order chi connectivity index (χ1) is 9.89. The summed E-state index contributed by atoms with van der Waals surface area (Å²) >= 11 is 12.0. The average Bonchev–Trinajstić information content (AvgIpc) is 2.49. The van der Waals surface area contributed by atoms with E-state index in [1.807, 2.05) is 19.1 Å². The van der Waals surface area contributed by atoms with Crippen LogP contribution in [0.2, 0.25) is 10.0 Å². The molecule has 1 aromatic carbocycles. The largest absolute Gasteiger partial charge is 0.481 e. The second kappa shape index (κ2) is 6.55. The first kappa shape index (κ1) is 16.6. The maximum Gasteiger partial charge on any atom is 0.310 e. The SMILES string of the molecule is CCC1(C(=O)O)CCCN(C(C)c2ccc(Cl)c(Cl)c2)C1. The summed E-state index contributed by atoms with van der Waals surface area (Å²) in [6.07, 6.45) is 2.32. The fourth-order valence-corrected chi connectivity index (χ4v) is 3.40. The zero-order valence-corrected chi connectivity index (χ0v) is 13.9. The molecule has 1 aromatic rings. The van der Waals surface area contributed by atoms with Gasteiger partial charge in [0.25, 0.3) is 0 Å². The van der Waals surface area contributed by atoms with Crippen molar-refractivity contribution in [3.8, 4) is 0 Å². The first-order valence-electron chi connectivity index (χ1n) is 7.32. The van der Waals surface area contributed by atoms with Crippen molar-refractivity contribution in [3.63, 3.8) is 0 Å². The normalized spacial score (nSPS) is 24.8. The Hall–Kier alpha value is -0.770. The molecule has 1 N–H and O–H groups in total. The Morgan fingerprint density at radius 3 is 2.71 bits per heavy atom. The zero-order chi connectivity index (χ0) is 15.6. The molecule has 21 heavy (non-hydrogen) atoms. The van der Waals surface area contributed by atoms with E-state index in [0.29, 0.717) is 23.0 Å². The Labute approximate surface area is 135 Å². The lowest BCUT2D eigenvalue weighted by atomic mass is 9.77. The molecule has 1 saturated heterocycles. The lowest BCUT2D eigenvalue weighted by Crippen LogP contribution is -2.48. The maximum absolute atomic E-state index is 11.6. The Morgan fingerprint density at radius 2 is 2.14 bits per heavy atom. The fraction of sp³-hybridized carbons (Fsp3) is 0.562. The minimum atomic E-state index is -0.684. The Kier molecular flexibility index (Phi) is 5.18. The molecule has 116 valence electrons. The number of halogens is 2. The van der Waals surface area contributed by atoms with E-state index < -0.39 is 11.4 Å². The number of piperidine rings is 1. The van der Waals surface area contributed by atoms with Crippen molar-refractivity contribution < 1.29 is 9.90 Å². The number of carboxylic acid groups (broad SMARTS) is 1. The van der Waals surface area contributed by atoms with Gasteiger partial charge in [-0.2, -0.15) is 0 Å². The molecule has 1 fully saturated rings. The molecule has 0 aromatic heterocycles. The number of likely N-dealkylation sites (tertiary alicyclic amines) is 1. The van der Waals surface area contributed by atoms with E-state index in [4.69, 9.17) is 23.2 Å². The molecule has 5 heteroatoms. The summed E-state index contributed by atoms with van der Waals surface area (Å²) in [6.45, 7) is 5.55. The molecule has 0 radical (unpaired) electrons. The van der Waals surface area contributed by atoms with E-state index in [1.54, 1.807) is 6.07 Å². The third-order valence-electron chi connectivity index (χ3n) is 4.71. The fourth-order valence-electron chi connectivity index (χ4n) is 3.10. The molecule has 0 bridgehead atoms. The number of carbonyl (C=O) groups is 1. The van der Waals surface area contributed by atoms with Crippen LogP contribution in [0.3, 0.4) is 0 Å². The summed E-state index contributed by atoms with van der Waals surface area (Å²) in [6, 6.07) is 5.76. The Morgan fingerprint density at radius 1 is 1.43 bits per heavy atom. The molecule has 0 amide bonds. The van der Waals surface area contributed by atoms with Crippen LogP contribution >= 0.6 is 23.2 Å². The molecule has 1 aliphatic heterocycles. The van der Waals surface area contributed by atoms with E-state index >= 15 is 0 Å². The van der Waals surface area contributed by atoms with Crippen LogP contribution < -0.4 is 0 Å². The second-order valence-electron chi connectivity index (χ2n) is 5.86. The molecule has 1 aliphatic rings. The van der Waals surface area contributed by atoms with E-state index in [9.17, 15) is 9.90 Å². The Bertz CT molecular complexity index is 535. The van der Waals surface area contributed by atoms with E-state index in [1.165, 1.54) is 0 Å². The number of aliphatic carboxylic acids is 1. The van der Waals surface area contributed by atoms with Gasteiger partial charge in [0.05, 0.1) is 15.5 Å². The summed E-state index contributed by atoms with van der Waals surface area (Å²) in [7, 11) is 0. The van der Waals surface area contributed by atoms with Crippen LogP contribution in [0.25, 0.3) is 0 Å². The van der Waals surface area contributed by atoms with Crippen molar-refractivity contribution in [3.05, 3.63) is 33.8 Å². The van der Waals surface area contributed by atoms with Gasteiger partial charge in [-0.1, -0.05) is 36.2 Å². The summed E-state index contributed by atoms with van der Waals surface area (Å²) in [5.41, 5.74) is 0.449. The van der Waals surface area contributed by atoms with Crippen molar-refractivity contribution in [1.29, 1.82) is 0 Å². The number of carboxylic acids is 1. The highest BCUT2D eigenvalue weighted by atomic mass is 35.5. The number of hydrogen-bond donors (Lipinski definition) is 1. The Balaban J connectivity index is 2.20. The summed E-state index contributed by atoms with van der Waals surface area (Å²) in [4.78, 5) is 13.9. The van der Waals surface area contributed by atoms with Gasteiger partial charge in [-0.15, -0.1) is 0 Å². The van der Waals surface area contributed by atoms with Crippen molar-refractivity contribution >= 4 is 29.2 Å². The van der Waals surface area contributed by atoms with Crippen LogP contribution in [0.5, 0.6) is 0 Å². The topological polar surface area (TPSA) is 40.5 Å². The molecule has 0 saturated carbocycles. The number of hydrogen-bond acceptors (Lipinski definition) is 2. The molecule has 3 nitrogen and oxygen atoms in total. The molecule has 1 heterocycles. The molecule has 2 unspecified atom stereocenters. The van der Waals surface area contributed by atoms with Crippen LogP contribution in [0.15, 0.2) is 18.2 Å². The summed E-state index contributed by atoms with van der Waals surface area (Å²) < 4.78 is 0. The van der Waals surface area contributed by atoms with Gasteiger partial charge in [-0.05, 0) is 50.4 Å². The molecular weight excluding hydrogens is 309 g/mol. The van der Waals surface area contributed by atoms with Gasteiger partial charge in [0.15, 0.2) is 0 Å². The molecule has 2 rings (SSSR count). The van der Waals surface area contributed by atoms with Gasteiger partial charge in [-0.3, -0.25) is 9.69 Å². The van der Waals surface area contributed by atoms with Gasteiger partial charge in [0.2, 0.25) is 0 Å². The van der Waals surface area contributed by atoms with E-state index in [0.717, 1.165) is 24.9 Å². The predicted octanol–water partition coefficient (Wildman–Crippen LogP) is 4.63. The van der Waals surface area contributed by atoms with Gasteiger partial charge in [0.1, 0.15) is 0 Å². The van der Waals surface area contributed by atoms with Gasteiger partial charge in [0, 0.05) is 12.6 Å². The standard InChI is InChI=1S/C16H21Cl2NO2/c1-3-16(15(20)21)7-4-8-19(10-16)11(2)12-5-6-13(17)14(18)9-12/h5-6,9,11H,3-4,7-8,10H2,1-2H3,(H,20,21). The minimum Gasteiger partial charge on any atom is -0.481 e. The van der Waals surface area contributed by atoms with Crippen LogP contribution in [-0.2, 0) is 4.79 Å². The van der Waals surface area contributed by atoms with Gasteiger partial charge in [-0.25, -0.2) is 0 Å². The van der Waals surface area contributed by atoms with E-state index in [-0.39, 0.29) is 6.04 Å². The summed E-state index contributed by atoms with van der Waals surface area (Å²) in [5.74, 6) is -0.684. The van der Waals surface area contributed by atoms with Crippen LogP contribution in [0.1, 0.15) is 44.7 Å². The maximum atomic E-state index is 11.6. The predicted molar refractivity (Wildman–Crippen MR) is 86.0 cm³/mol. The first-order valence-corrected chi connectivity index (χ1v) is 8.07. The quantitative estimate of drug-likeness (QED) is 0.875. The van der Waals surface area contributed by atoms with Crippen LogP contribution in [-0.4, -0.2) is 29.1 Å². The van der Waals surface area contributed by atoms with Gasteiger partial charge < -0.3 is 5.11 Å². The lowest BCUT2D eigenvalue weighted by molar-refractivity contribution is -0.153. The highest BCUT2D eigenvalue weighted by Gasteiger charge is 2.41. The van der Waals surface area contributed by atoms with Crippen molar-refractivity contribution in [2.24, 2.45) is 5.41 Å². The monoisotopic (exact) mass is 329 g/mol. The third kappa shape index (κ3) is 3.36. The van der Waals surface area contributed by atoms with Crippen LogP contribution in [0.4, 0.5) is 0 Å². The van der Waals surface area contributed by atoms with Crippen LogP contribution in [0, 0.1) is 5.41 Å². The molecule has 2 atom stereocenters. The molecule has 0 aliphatic carbocycles. The molecular formula is C16H21Cl2NO2. The van der Waals surface area contributed by atoms with Crippen molar-refractivity contribution in [2.45, 2.75) is 39.2 Å². The molecule has 0 spiro atoms. The smallest absolute Gasteiger partial charge is 0.310 e. The summed E-state index contributed by atoms with van der Waals surface area (Å²) in [5, 5.41) is 10.7. The number of rotatable bonds is 4. The minimum absolute atomic E-state index is 0.130. The van der Waals surface area contributed by atoms with E-state index in [2.05, 4.69) is 11.8 Å². The highest BCUT2D eigenvalue weighted by molar-refractivity contribution is 6.42. The number of nitrogens with zero attached hydrogens (tertiary/aromatic N) is 1. The van der Waals surface area contributed by atoms with Crippen molar-refractivity contribution in [1.82, 2.24) is 4.90 Å².